The number of hydrogen-bond acceptors (Lipinski definition) is 13. The Morgan fingerprint density at radius 2 is 0.984 bits per heavy atom. The lowest BCUT2D eigenvalue weighted by atomic mass is 9.95. The highest BCUT2D eigenvalue weighted by Crippen LogP contribution is 2.40. The van der Waals surface area contributed by atoms with Crippen molar-refractivity contribution in [1.82, 2.24) is 13.5 Å². The summed E-state index contributed by atoms with van der Waals surface area (Å²) in [4.78, 5) is 6.67. The number of aliphatic hydroxyl groups is 3. The summed E-state index contributed by atoms with van der Waals surface area (Å²) in [6.45, 7) is 17.5. The largest absolute Gasteiger partial charge is 0.421 e. The Labute approximate surface area is 385 Å². The first-order chi connectivity index (χ1) is 29.9. The van der Waals surface area contributed by atoms with Crippen LogP contribution >= 0.6 is 46.6 Å². The lowest BCUT2D eigenvalue weighted by molar-refractivity contribution is -0.259. The maximum atomic E-state index is 12.9. The number of halogens is 6. The van der Waals surface area contributed by atoms with Crippen molar-refractivity contribution in [2.75, 3.05) is 96.1 Å². The Hall–Kier alpha value is -2.56. The van der Waals surface area contributed by atoms with Crippen LogP contribution in [0.15, 0.2) is 92.0 Å². The summed E-state index contributed by atoms with van der Waals surface area (Å²) in [5, 5.41) is 30.6. The molecule has 3 saturated heterocycles. The van der Waals surface area contributed by atoms with E-state index in [9.17, 15) is 36.6 Å². The van der Waals surface area contributed by atoms with Gasteiger partial charge in [0.25, 0.3) is 0 Å². The predicted octanol–water partition coefficient (Wildman–Crippen LogP) is 10.1. The van der Waals surface area contributed by atoms with Crippen molar-refractivity contribution in [1.29, 1.82) is 0 Å². The molecule has 3 aliphatic heterocycles. The number of morpholine rings is 1. The van der Waals surface area contributed by atoms with E-state index in [-0.39, 0.29) is 11.1 Å². The first kappa shape index (κ1) is 54.8. The van der Waals surface area contributed by atoms with Gasteiger partial charge in [-0.05, 0) is 109 Å². The Bertz CT molecular complexity index is 1680. The molecule has 5 heterocycles. The van der Waals surface area contributed by atoms with Gasteiger partial charge < -0.3 is 29.9 Å². The minimum Gasteiger partial charge on any atom is -0.400 e. The quantitative estimate of drug-likeness (QED) is 0.111. The highest BCUT2D eigenvalue weighted by Gasteiger charge is 2.52. The SMILES string of the molecule is CC.CC(O)(c1ccc(N2CCN(Sc3cccs3)CC2)cc1)C(F)(F)F.CC(O)(c1ccc(N2CCN(Sc3cccs3)CC2)cc1)C(F)(F)F.CCC1COCCN1C.CO. The first-order valence-electron chi connectivity index (χ1n) is 20.8. The van der Waals surface area contributed by atoms with Crippen LogP contribution in [0.4, 0.5) is 37.7 Å². The highest BCUT2D eigenvalue weighted by atomic mass is 32.2. The third-order valence-electron chi connectivity index (χ3n) is 10.6. The molecule has 9 nitrogen and oxygen atoms in total. The molecule has 3 N–H and O–H groups in total. The van der Waals surface area contributed by atoms with Crippen molar-refractivity contribution in [2.24, 2.45) is 0 Å². The minimum absolute atomic E-state index is 0.143. The van der Waals surface area contributed by atoms with Crippen molar-refractivity contribution < 1.29 is 46.4 Å². The smallest absolute Gasteiger partial charge is 0.400 e. The molecule has 0 saturated carbocycles. The van der Waals surface area contributed by atoms with E-state index in [0.717, 1.165) is 104 Å². The van der Waals surface area contributed by atoms with Gasteiger partial charge in [-0.25, -0.2) is 8.61 Å². The van der Waals surface area contributed by atoms with Crippen molar-refractivity contribution in [3.05, 3.63) is 94.7 Å². The predicted molar refractivity (Wildman–Crippen MR) is 249 cm³/mol. The average Bonchev–Trinajstić information content (AvgIpc) is 4.01. The van der Waals surface area contributed by atoms with Gasteiger partial charge in [0.15, 0.2) is 11.2 Å². The average molecular weight is 968 g/mol. The summed E-state index contributed by atoms with van der Waals surface area (Å²) >= 11 is 6.91. The molecule has 19 heteroatoms. The molecule has 0 amide bonds. The molecular weight excluding hydrogens is 905 g/mol. The Balaban J connectivity index is 0.000000263. The number of benzene rings is 2. The fourth-order valence-corrected chi connectivity index (χ4v) is 10.1. The third-order valence-corrected chi connectivity index (χ3v) is 14.8. The summed E-state index contributed by atoms with van der Waals surface area (Å²) in [6.07, 6.45) is -8.19. The van der Waals surface area contributed by atoms with Crippen molar-refractivity contribution in [3.8, 4) is 0 Å². The summed E-state index contributed by atoms with van der Waals surface area (Å²) in [5.74, 6) is 0. The number of rotatable bonds is 9. The molecule has 3 atom stereocenters. The van der Waals surface area contributed by atoms with Crippen molar-refractivity contribution in [3.63, 3.8) is 0 Å². The number of alkyl halides is 6. The van der Waals surface area contributed by atoms with Crippen molar-refractivity contribution >= 4 is 57.9 Å². The molecule has 7 rings (SSSR count). The van der Waals surface area contributed by atoms with Crippen LogP contribution in [0.3, 0.4) is 0 Å². The molecule has 0 radical (unpaired) electrons. The monoisotopic (exact) mass is 967 g/mol. The molecule has 0 spiro atoms. The molecular formula is C44H63F6N5O4S4. The van der Waals surface area contributed by atoms with E-state index in [0.29, 0.717) is 6.04 Å². The zero-order valence-corrected chi connectivity index (χ0v) is 40.3. The number of ether oxygens (including phenoxy) is 1. The zero-order valence-electron chi connectivity index (χ0n) is 37.0. The highest BCUT2D eigenvalue weighted by molar-refractivity contribution is 7.99. The van der Waals surface area contributed by atoms with Crippen LogP contribution in [0.25, 0.3) is 0 Å². The molecule has 63 heavy (non-hydrogen) atoms. The molecule has 3 unspecified atom stereocenters. The Morgan fingerprint density at radius 3 is 1.25 bits per heavy atom. The first-order valence-corrected chi connectivity index (χ1v) is 24.1. The van der Waals surface area contributed by atoms with Crippen LogP contribution < -0.4 is 9.80 Å². The van der Waals surface area contributed by atoms with Crippen LogP contribution in [0.1, 0.15) is 52.2 Å². The topological polar surface area (TPSA) is 86.1 Å². The summed E-state index contributed by atoms with van der Waals surface area (Å²) in [5.41, 5.74) is -4.19. The molecule has 354 valence electrons. The second-order valence-electron chi connectivity index (χ2n) is 14.7. The van der Waals surface area contributed by atoms with Crippen molar-refractivity contribution in [2.45, 2.75) is 79.1 Å². The maximum absolute atomic E-state index is 12.9. The van der Waals surface area contributed by atoms with Gasteiger partial charge in [0, 0.05) is 83.4 Å². The fourth-order valence-electron chi connectivity index (χ4n) is 6.45. The van der Waals surface area contributed by atoms with Crippen LogP contribution in [0, 0.1) is 0 Å². The van der Waals surface area contributed by atoms with Crippen LogP contribution in [-0.2, 0) is 15.9 Å². The van der Waals surface area contributed by atoms with Gasteiger partial charge >= 0.3 is 12.4 Å². The number of hydrogen-bond donors (Lipinski definition) is 3. The number of thiophene rings is 2. The maximum Gasteiger partial charge on any atom is 0.421 e. The van der Waals surface area contributed by atoms with Gasteiger partial charge in [0.2, 0.25) is 0 Å². The lowest BCUT2D eigenvalue weighted by Crippen LogP contribution is -2.43. The summed E-state index contributed by atoms with van der Waals surface area (Å²) in [7, 11) is 3.16. The van der Waals surface area contributed by atoms with Gasteiger partial charge in [0.1, 0.15) is 0 Å². The Morgan fingerprint density at radius 1 is 0.619 bits per heavy atom. The van der Waals surface area contributed by atoms with Gasteiger partial charge in [-0.15, -0.1) is 22.7 Å². The summed E-state index contributed by atoms with van der Waals surface area (Å²) < 4.78 is 89.8. The Kier molecular flexibility index (Phi) is 22.6. The second-order valence-corrected chi connectivity index (χ2v) is 19.4. The van der Waals surface area contributed by atoms with E-state index >= 15 is 0 Å². The number of likely N-dealkylation sites (N-methyl/N-ethyl adjacent to an activating group) is 1. The van der Waals surface area contributed by atoms with E-state index < -0.39 is 23.6 Å². The molecule has 3 fully saturated rings. The standard InChI is InChI=1S/2C17H19F3N2OS2.C7H15NO.C2H6.CH4O/c2*1-16(23,17(18,19)20)13-4-6-14(7-5-13)21-8-10-22(11-9-21)25-15-3-2-12-24-15;1-3-7-6-9-5-4-8(7)2;2*1-2/h2*2-7,12,23H,8-11H2,1H3;7H,3-6H2,1-2H3;1-2H3;2H,1H3. The molecule has 2 aromatic heterocycles. The normalized spacial score (nSPS) is 19.7. The molecule has 4 aromatic rings. The van der Waals surface area contributed by atoms with Crippen LogP contribution in [0.2, 0.25) is 0 Å². The zero-order chi connectivity index (χ0) is 46.8. The number of aliphatic hydroxyl groups excluding tert-OH is 1. The fraction of sp³-hybridized carbons (Fsp3) is 0.545. The molecule has 2 aromatic carbocycles. The molecule has 0 aliphatic carbocycles. The van der Waals surface area contributed by atoms with Gasteiger partial charge in [-0.2, -0.15) is 26.3 Å². The van der Waals surface area contributed by atoms with Gasteiger partial charge in [0.05, 0.1) is 21.6 Å². The van der Waals surface area contributed by atoms with Crippen LogP contribution in [0.5, 0.6) is 0 Å². The van der Waals surface area contributed by atoms with Gasteiger partial charge in [-0.3, -0.25) is 4.90 Å². The second kappa shape index (κ2) is 26.0. The molecule has 0 bridgehead atoms. The van der Waals surface area contributed by atoms with Crippen LogP contribution in [-0.4, -0.2) is 133 Å². The number of anilines is 2. The minimum atomic E-state index is -4.70. The number of nitrogens with zero attached hydrogens (tertiary/aromatic N) is 5. The van der Waals surface area contributed by atoms with E-state index in [4.69, 9.17) is 9.84 Å². The third kappa shape index (κ3) is 16.1. The van der Waals surface area contributed by atoms with E-state index in [1.165, 1.54) is 39.1 Å². The van der Waals surface area contributed by atoms with E-state index in [1.807, 2.05) is 26.0 Å². The summed E-state index contributed by atoms with van der Waals surface area (Å²) in [6, 6.07) is 20.9. The lowest BCUT2D eigenvalue weighted by Gasteiger charge is -2.35. The van der Waals surface area contributed by atoms with E-state index in [1.54, 1.807) is 70.8 Å². The number of piperazine rings is 2. The molecule has 3 aliphatic rings. The van der Waals surface area contributed by atoms with Gasteiger partial charge in [-0.1, -0.05) is 57.2 Å². The van der Waals surface area contributed by atoms with E-state index in [2.05, 4.69) is 60.2 Å².